The Balaban J connectivity index is 2.73. The van der Waals surface area contributed by atoms with Gasteiger partial charge in [-0.15, -0.1) is 0 Å². The minimum atomic E-state index is -0.368. The molecule has 0 atom stereocenters. The summed E-state index contributed by atoms with van der Waals surface area (Å²) in [4.78, 5) is 14.0. The number of carbonyl (C=O) groups is 1. The van der Waals surface area contributed by atoms with E-state index in [1.54, 1.807) is 4.90 Å². The predicted molar refractivity (Wildman–Crippen MR) is 91.0 cm³/mol. The highest BCUT2D eigenvalue weighted by atomic mass is 16.3. The van der Waals surface area contributed by atoms with Gasteiger partial charge in [0.15, 0.2) is 0 Å². The molecular formula is C18H25NO4. The smallest absolute Gasteiger partial charge is 0.257 e. The van der Waals surface area contributed by atoms with Crippen molar-refractivity contribution in [1.82, 2.24) is 4.90 Å². The Kier molecular flexibility index (Phi) is 7.35. The third kappa shape index (κ3) is 5.45. The molecule has 0 radical (unpaired) electrons. The normalized spacial score (nSPS) is 16.6. The molecule has 0 fully saturated rings. The zero-order valence-electron chi connectivity index (χ0n) is 13.7. The number of allylic oxidation sites excluding steroid dienone is 2. The van der Waals surface area contributed by atoms with Gasteiger partial charge in [-0.25, -0.2) is 0 Å². The molecule has 0 saturated carbocycles. The summed E-state index contributed by atoms with van der Waals surface area (Å²) in [6.45, 7) is 8.42. The first-order valence-corrected chi connectivity index (χ1v) is 7.65. The molecule has 0 saturated heterocycles. The SMILES string of the molecule is C=C(C(=O)N1CC(C)=C(/C=C\CCO)C1)/C(O)=C\C(O)=C\CC. The van der Waals surface area contributed by atoms with Crippen molar-refractivity contribution in [2.45, 2.75) is 26.7 Å². The van der Waals surface area contributed by atoms with Gasteiger partial charge >= 0.3 is 0 Å². The molecule has 1 rings (SSSR count). The molecular weight excluding hydrogens is 294 g/mol. The highest BCUT2D eigenvalue weighted by molar-refractivity contribution is 5.97. The fourth-order valence-electron chi connectivity index (χ4n) is 2.22. The van der Waals surface area contributed by atoms with Crippen molar-refractivity contribution in [3.05, 3.63) is 59.1 Å². The Bertz CT molecular complexity index is 582. The van der Waals surface area contributed by atoms with E-state index in [-0.39, 0.29) is 29.6 Å². The van der Waals surface area contributed by atoms with Crippen molar-refractivity contribution in [2.75, 3.05) is 19.7 Å². The molecule has 0 unspecified atom stereocenters. The number of aliphatic hydroxyl groups excluding tert-OH is 3. The molecule has 0 aromatic carbocycles. The summed E-state index contributed by atoms with van der Waals surface area (Å²) in [5.74, 6) is -0.797. The van der Waals surface area contributed by atoms with E-state index in [4.69, 9.17) is 5.11 Å². The number of amides is 1. The van der Waals surface area contributed by atoms with Crippen molar-refractivity contribution < 1.29 is 20.1 Å². The molecule has 1 heterocycles. The van der Waals surface area contributed by atoms with Gasteiger partial charge in [0, 0.05) is 25.8 Å². The number of hydrogen-bond acceptors (Lipinski definition) is 4. The highest BCUT2D eigenvalue weighted by Crippen LogP contribution is 2.21. The summed E-state index contributed by atoms with van der Waals surface area (Å²) in [6.07, 6.45) is 7.63. The van der Waals surface area contributed by atoms with Crippen LogP contribution in [0.1, 0.15) is 26.7 Å². The number of rotatable bonds is 7. The Morgan fingerprint density at radius 1 is 1.35 bits per heavy atom. The van der Waals surface area contributed by atoms with E-state index in [0.29, 0.717) is 25.9 Å². The van der Waals surface area contributed by atoms with E-state index in [1.165, 1.54) is 6.08 Å². The van der Waals surface area contributed by atoms with E-state index < -0.39 is 0 Å². The van der Waals surface area contributed by atoms with Gasteiger partial charge in [0.2, 0.25) is 0 Å². The van der Waals surface area contributed by atoms with Crippen LogP contribution in [-0.2, 0) is 4.79 Å². The number of aliphatic hydroxyl groups is 3. The van der Waals surface area contributed by atoms with Crippen molar-refractivity contribution in [2.24, 2.45) is 0 Å². The zero-order chi connectivity index (χ0) is 17.4. The van der Waals surface area contributed by atoms with Gasteiger partial charge in [0.05, 0.1) is 5.57 Å². The number of carbonyl (C=O) groups excluding carboxylic acids is 1. The van der Waals surface area contributed by atoms with Crippen LogP contribution in [0.25, 0.3) is 0 Å². The maximum absolute atomic E-state index is 12.4. The number of nitrogens with zero attached hydrogens (tertiary/aromatic N) is 1. The summed E-state index contributed by atoms with van der Waals surface area (Å²) >= 11 is 0. The first-order valence-electron chi connectivity index (χ1n) is 7.65. The average Bonchev–Trinajstić information content (AvgIpc) is 2.87. The Hall–Kier alpha value is -2.27. The van der Waals surface area contributed by atoms with Crippen LogP contribution in [0, 0.1) is 0 Å². The van der Waals surface area contributed by atoms with Gasteiger partial charge in [0.1, 0.15) is 11.5 Å². The van der Waals surface area contributed by atoms with Crippen LogP contribution in [0.3, 0.4) is 0 Å². The van der Waals surface area contributed by atoms with Crippen LogP contribution in [0.15, 0.2) is 59.1 Å². The van der Waals surface area contributed by atoms with Gasteiger partial charge < -0.3 is 20.2 Å². The van der Waals surface area contributed by atoms with Gasteiger partial charge in [-0.2, -0.15) is 0 Å². The lowest BCUT2D eigenvalue weighted by molar-refractivity contribution is -0.125. The molecule has 126 valence electrons. The van der Waals surface area contributed by atoms with E-state index in [9.17, 15) is 15.0 Å². The maximum atomic E-state index is 12.4. The molecule has 5 heteroatoms. The lowest BCUT2D eigenvalue weighted by atomic mass is 10.1. The topological polar surface area (TPSA) is 81.0 Å². The Morgan fingerprint density at radius 3 is 2.65 bits per heavy atom. The van der Waals surface area contributed by atoms with Crippen molar-refractivity contribution >= 4 is 5.91 Å². The van der Waals surface area contributed by atoms with Gasteiger partial charge in [-0.1, -0.05) is 25.7 Å². The molecule has 23 heavy (non-hydrogen) atoms. The molecule has 5 nitrogen and oxygen atoms in total. The van der Waals surface area contributed by atoms with Gasteiger partial charge in [-0.05, 0) is 37.0 Å². The van der Waals surface area contributed by atoms with Crippen LogP contribution in [0.4, 0.5) is 0 Å². The monoisotopic (exact) mass is 319 g/mol. The van der Waals surface area contributed by atoms with Crippen molar-refractivity contribution in [3.8, 4) is 0 Å². The first kappa shape index (κ1) is 18.8. The second-order valence-corrected chi connectivity index (χ2v) is 5.43. The quantitative estimate of drug-likeness (QED) is 0.383. The first-order chi connectivity index (χ1) is 10.9. The molecule has 3 N–H and O–H groups in total. The molecule has 1 aliphatic heterocycles. The fourth-order valence-corrected chi connectivity index (χ4v) is 2.22. The summed E-state index contributed by atoms with van der Waals surface area (Å²) in [7, 11) is 0. The van der Waals surface area contributed by atoms with Crippen LogP contribution in [-0.4, -0.2) is 45.8 Å². The molecule has 1 amide bonds. The molecule has 0 spiro atoms. The maximum Gasteiger partial charge on any atom is 0.257 e. The molecule has 0 aromatic rings. The Morgan fingerprint density at radius 2 is 2.04 bits per heavy atom. The second kappa shape index (κ2) is 9.00. The van der Waals surface area contributed by atoms with Crippen LogP contribution in [0.5, 0.6) is 0 Å². The predicted octanol–water partition coefficient (Wildman–Crippen LogP) is 2.93. The summed E-state index contributed by atoms with van der Waals surface area (Å²) < 4.78 is 0. The van der Waals surface area contributed by atoms with Crippen molar-refractivity contribution in [1.29, 1.82) is 0 Å². The average molecular weight is 319 g/mol. The molecule has 1 aliphatic rings. The third-order valence-corrected chi connectivity index (χ3v) is 3.50. The summed E-state index contributed by atoms with van der Waals surface area (Å²) in [5.41, 5.74) is 2.05. The third-order valence-electron chi connectivity index (χ3n) is 3.50. The highest BCUT2D eigenvalue weighted by Gasteiger charge is 2.25. The lowest BCUT2D eigenvalue weighted by Gasteiger charge is -2.17. The number of hydrogen-bond donors (Lipinski definition) is 3. The van der Waals surface area contributed by atoms with Crippen LogP contribution in [0.2, 0.25) is 0 Å². The van der Waals surface area contributed by atoms with Gasteiger partial charge in [-0.3, -0.25) is 4.79 Å². The van der Waals surface area contributed by atoms with Gasteiger partial charge in [0.25, 0.3) is 5.91 Å². The summed E-state index contributed by atoms with van der Waals surface area (Å²) in [6, 6.07) is 0. The summed E-state index contributed by atoms with van der Waals surface area (Å²) in [5, 5.41) is 28.2. The van der Waals surface area contributed by atoms with E-state index in [1.807, 2.05) is 26.0 Å². The van der Waals surface area contributed by atoms with E-state index in [0.717, 1.165) is 17.2 Å². The lowest BCUT2D eigenvalue weighted by Crippen LogP contribution is -2.30. The fraction of sp³-hybridized carbons (Fsp3) is 0.389. The van der Waals surface area contributed by atoms with Crippen molar-refractivity contribution in [3.63, 3.8) is 0 Å². The van der Waals surface area contributed by atoms with Crippen LogP contribution >= 0.6 is 0 Å². The molecule has 0 aliphatic carbocycles. The molecule has 0 bridgehead atoms. The van der Waals surface area contributed by atoms with E-state index in [2.05, 4.69) is 6.58 Å². The Labute approximate surface area is 137 Å². The standard InChI is InChI=1S/C18H25NO4/c1-4-7-16(21)10-17(22)14(3)18(23)19-11-13(2)15(12-19)8-5-6-9-20/h5,7-8,10,20-22H,3-4,6,9,11-12H2,1-2H3/b8-5-,16-7-,17-10+. The minimum absolute atomic E-state index is 0.0468. The largest absolute Gasteiger partial charge is 0.508 e. The minimum Gasteiger partial charge on any atom is -0.508 e. The second-order valence-electron chi connectivity index (χ2n) is 5.43. The van der Waals surface area contributed by atoms with E-state index >= 15 is 0 Å². The zero-order valence-corrected chi connectivity index (χ0v) is 13.7. The molecule has 0 aromatic heterocycles. The van der Waals surface area contributed by atoms with Crippen LogP contribution < -0.4 is 0 Å².